The monoisotopic (exact) mass is 384 g/mol. The number of hydrogen-bond acceptors (Lipinski definition) is 1. The van der Waals surface area contributed by atoms with Gasteiger partial charge in [0.25, 0.3) is 0 Å². The van der Waals surface area contributed by atoms with Crippen LogP contribution in [-0.4, -0.2) is 11.7 Å². The highest BCUT2D eigenvalue weighted by molar-refractivity contribution is 5.70. The summed E-state index contributed by atoms with van der Waals surface area (Å²) in [6, 6.07) is 27.0. The maximum absolute atomic E-state index is 9.14. The zero-order valence-electron chi connectivity index (χ0n) is 17.5. The molecule has 0 saturated heterocycles. The Morgan fingerprint density at radius 2 is 1.10 bits per heavy atom. The van der Waals surface area contributed by atoms with E-state index >= 15 is 0 Å². The SMILES string of the molecule is CCc1ccc(-c2ccc(-c3ccc([C@H]4CC[C@H](CCO)CC4)cc3)cc2)cc1. The Kier molecular flexibility index (Phi) is 6.46. The van der Waals surface area contributed by atoms with E-state index in [0.717, 1.165) is 18.8 Å². The van der Waals surface area contributed by atoms with E-state index in [9.17, 15) is 0 Å². The minimum absolute atomic E-state index is 0.340. The third-order valence-electron chi connectivity index (χ3n) is 6.68. The van der Waals surface area contributed by atoms with Crippen molar-refractivity contribution in [2.75, 3.05) is 6.61 Å². The van der Waals surface area contributed by atoms with Crippen molar-refractivity contribution < 1.29 is 5.11 Å². The summed E-state index contributed by atoms with van der Waals surface area (Å²) in [6.45, 7) is 2.53. The minimum atomic E-state index is 0.340. The molecule has 1 N–H and O–H groups in total. The van der Waals surface area contributed by atoms with Crippen molar-refractivity contribution in [3.63, 3.8) is 0 Å². The van der Waals surface area contributed by atoms with Crippen molar-refractivity contribution in [1.29, 1.82) is 0 Å². The molecule has 3 aromatic rings. The van der Waals surface area contributed by atoms with Gasteiger partial charge < -0.3 is 5.11 Å². The fraction of sp³-hybridized carbons (Fsp3) is 0.357. The highest BCUT2D eigenvalue weighted by Gasteiger charge is 2.21. The van der Waals surface area contributed by atoms with Crippen LogP contribution in [0.2, 0.25) is 0 Å². The summed E-state index contributed by atoms with van der Waals surface area (Å²) in [4.78, 5) is 0. The molecule has 0 spiro atoms. The molecule has 4 rings (SSSR count). The molecule has 1 nitrogen and oxygen atoms in total. The molecule has 3 aromatic carbocycles. The van der Waals surface area contributed by atoms with Gasteiger partial charge in [0, 0.05) is 6.61 Å². The van der Waals surface area contributed by atoms with Gasteiger partial charge in [0.15, 0.2) is 0 Å². The topological polar surface area (TPSA) is 20.2 Å². The van der Waals surface area contributed by atoms with Crippen LogP contribution in [0.3, 0.4) is 0 Å². The molecule has 1 saturated carbocycles. The Labute approximate surface area is 175 Å². The zero-order chi connectivity index (χ0) is 20.1. The van der Waals surface area contributed by atoms with Crippen LogP contribution in [0.1, 0.15) is 56.1 Å². The van der Waals surface area contributed by atoms with Gasteiger partial charge in [-0.1, -0.05) is 79.7 Å². The number of aryl methyl sites for hydroxylation is 1. The van der Waals surface area contributed by atoms with Gasteiger partial charge >= 0.3 is 0 Å². The number of rotatable bonds is 6. The van der Waals surface area contributed by atoms with Crippen molar-refractivity contribution in [1.82, 2.24) is 0 Å². The molecule has 0 aromatic heterocycles. The molecule has 0 atom stereocenters. The van der Waals surface area contributed by atoms with E-state index in [1.807, 2.05) is 0 Å². The Morgan fingerprint density at radius 3 is 1.55 bits per heavy atom. The number of hydrogen-bond donors (Lipinski definition) is 1. The Bertz CT molecular complexity index is 883. The van der Waals surface area contributed by atoms with Gasteiger partial charge in [0.1, 0.15) is 0 Å². The predicted octanol–water partition coefficient (Wildman–Crippen LogP) is 7.24. The van der Waals surface area contributed by atoms with Crippen molar-refractivity contribution >= 4 is 0 Å². The summed E-state index contributed by atoms with van der Waals surface area (Å²) < 4.78 is 0. The van der Waals surface area contributed by atoms with Crippen molar-refractivity contribution in [2.24, 2.45) is 5.92 Å². The fourth-order valence-electron chi connectivity index (χ4n) is 4.70. The first-order valence-corrected chi connectivity index (χ1v) is 11.2. The van der Waals surface area contributed by atoms with E-state index < -0.39 is 0 Å². The van der Waals surface area contributed by atoms with Gasteiger partial charge in [0.2, 0.25) is 0 Å². The van der Waals surface area contributed by atoms with Crippen LogP contribution in [0.25, 0.3) is 22.3 Å². The summed E-state index contributed by atoms with van der Waals surface area (Å²) in [5.74, 6) is 1.42. The smallest absolute Gasteiger partial charge is 0.0433 e. The first kappa shape index (κ1) is 19.9. The maximum Gasteiger partial charge on any atom is 0.0433 e. The fourth-order valence-corrected chi connectivity index (χ4v) is 4.70. The lowest BCUT2D eigenvalue weighted by Gasteiger charge is -2.28. The quantitative estimate of drug-likeness (QED) is 0.475. The van der Waals surface area contributed by atoms with E-state index in [-0.39, 0.29) is 0 Å². The average Bonchev–Trinajstić information content (AvgIpc) is 2.80. The van der Waals surface area contributed by atoms with Gasteiger partial charge in [0.05, 0.1) is 0 Å². The molecule has 0 bridgehead atoms. The second-order valence-electron chi connectivity index (χ2n) is 8.48. The summed E-state index contributed by atoms with van der Waals surface area (Å²) >= 11 is 0. The summed E-state index contributed by atoms with van der Waals surface area (Å²) in [5.41, 5.74) is 7.97. The Hall–Kier alpha value is -2.38. The normalized spacial score (nSPS) is 19.2. The van der Waals surface area contributed by atoms with E-state index in [0.29, 0.717) is 12.5 Å². The van der Waals surface area contributed by atoms with Crippen molar-refractivity contribution in [3.8, 4) is 22.3 Å². The molecule has 0 heterocycles. The van der Waals surface area contributed by atoms with Crippen LogP contribution < -0.4 is 0 Å². The van der Waals surface area contributed by atoms with Gasteiger partial charge in [-0.3, -0.25) is 0 Å². The molecule has 0 aliphatic heterocycles. The second-order valence-corrected chi connectivity index (χ2v) is 8.48. The predicted molar refractivity (Wildman–Crippen MR) is 123 cm³/mol. The van der Waals surface area contributed by atoms with Gasteiger partial charge in [-0.25, -0.2) is 0 Å². The lowest BCUT2D eigenvalue weighted by molar-refractivity contribution is 0.222. The van der Waals surface area contributed by atoms with Crippen LogP contribution in [0.5, 0.6) is 0 Å². The third-order valence-corrected chi connectivity index (χ3v) is 6.68. The number of aliphatic hydroxyl groups excluding tert-OH is 1. The molecular weight excluding hydrogens is 352 g/mol. The molecule has 1 heteroatoms. The first-order valence-electron chi connectivity index (χ1n) is 11.2. The molecule has 29 heavy (non-hydrogen) atoms. The Balaban J connectivity index is 1.42. The molecule has 0 amide bonds. The number of aliphatic hydroxyl groups is 1. The highest BCUT2D eigenvalue weighted by Crippen LogP contribution is 2.37. The molecule has 0 radical (unpaired) electrons. The zero-order valence-corrected chi connectivity index (χ0v) is 17.5. The summed E-state index contributed by atoms with van der Waals surface area (Å²) in [7, 11) is 0. The molecule has 1 aliphatic carbocycles. The molecular formula is C28H32O. The standard InChI is InChI=1S/C28H32O/c1-2-21-3-7-23(8-4-21)25-11-15-27(16-12-25)28-17-13-26(14-18-28)24-9-5-22(6-10-24)19-20-29/h3-4,7-8,11-18,22,24,29H,2,5-6,9-10,19-20H2,1H3/t22-,24-. The third kappa shape index (κ3) is 4.79. The average molecular weight is 385 g/mol. The lowest BCUT2D eigenvalue weighted by Crippen LogP contribution is -2.14. The summed E-state index contributed by atoms with van der Waals surface area (Å²) in [5, 5.41) is 9.14. The van der Waals surface area contributed by atoms with E-state index in [2.05, 4.69) is 79.7 Å². The van der Waals surface area contributed by atoms with E-state index in [1.165, 1.54) is 59.1 Å². The van der Waals surface area contributed by atoms with Crippen LogP contribution >= 0.6 is 0 Å². The highest BCUT2D eigenvalue weighted by atomic mass is 16.3. The maximum atomic E-state index is 9.14. The van der Waals surface area contributed by atoms with E-state index in [1.54, 1.807) is 0 Å². The van der Waals surface area contributed by atoms with Crippen LogP contribution in [0.15, 0.2) is 72.8 Å². The van der Waals surface area contributed by atoms with E-state index in [4.69, 9.17) is 5.11 Å². The molecule has 1 fully saturated rings. The largest absolute Gasteiger partial charge is 0.396 e. The van der Waals surface area contributed by atoms with Crippen LogP contribution in [0.4, 0.5) is 0 Å². The van der Waals surface area contributed by atoms with Gasteiger partial charge in [-0.2, -0.15) is 0 Å². The first-order chi connectivity index (χ1) is 14.3. The molecule has 0 unspecified atom stereocenters. The van der Waals surface area contributed by atoms with Crippen LogP contribution in [-0.2, 0) is 6.42 Å². The van der Waals surface area contributed by atoms with Crippen LogP contribution in [0, 0.1) is 5.92 Å². The summed E-state index contributed by atoms with van der Waals surface area (Å²) in [6.07, 6.45) is 7.09. The number of benzene rings is 3. The van der Waals surface area contributed by atoms with Crippen molar-refractivity contribution in [3.05, 3.63) is 83.9 Å². The second kappa shape index (κ2) is 9.41. The molecule has 1 aliphatic rings. The minimum Gasteiger partial charge on any atom is -0.396 e. The van der Waals surface area contributed by atoms with Gasteiger partial charge in [-0.05, 0) is 83.7 Å². The van der Waals surface area contributed by atoms with Crippen molar-refractivity contribution in [2.45, 2.75) is 51.4 Å². The van der Waals surface area contributed by atoms with Gasteiger partial charge in [-0.15, -0.1) is 0 Å². The lowest BCUT2D eigenvalue weighted by atomic mass is 9.77. The Morgan fingerprint density at radius 1 is 0.655 bits per heavy atom. The molecule has 150 valence electrons.